The van der Waals surface area contributed by atoms with E-state index in [2.05, 4.69) is 19.2 Å². The molecule has 0 aliphatic carbocycles. The second-order valence-electron chi connectivity index (χ2n) is 5.68. The molecule has 17 heavy (non-hydrogen) atoms. The van der Waals surface area contributed by atoms with Crippen LogP contribution in [0.5, 0.6) is 0 Å². The average molecular weight is 244 g/mol. The molecule has 0 atom stereocenters. The highest BCUT2D eigenvalue weighted by molar-refractivity contribution is 5.76. The Bertz CT molecular complexity index is 238. The minimum absolute atomic E-state index is 0.0932. The number of hydrogen-bond donors (Lipinski definition) is 2. The Morgan fingerprint density at radius 3 is 2.29 bits per heavy atom. The summed E-state index contributed by atoms with van der Waals surface area (Å²) in [7, 11) is 0. The zero-order valence-electron chi connectivity index (χ0n) is 11.9. The zero-order valence-corrected chi connectivity index (χ0v) is 11.9. The van der Waals surface area contributed by atoms with Gasteiger partial charge >= 0.3 is 0 Å². The molecule has 1 amide bonds. The Morgan fingerprint density at radius 1 is 1.24 bits per heavy atom. The third kappa shape index (κ3) is 8.16. The van der Waals surface area contributed by atoms with E-state index in [1.54, 1.807) is 0 Å². The van der Waals surface area contributed by atoms with Gasteiger partial charge in [0.05, 0.1) is 12.2 Å². The van der Waals surface area contributed by atoms with Crippen molar-refractivity contribution in [2.75, 3.05) is 13.2 Å². The molecule has 3 N–H and O–H groups in total. The smallest absolute Gasteiger partial charge is 0.220 e. The van der Waals surface area contributed by atoms with E-state index >= 15 is 0 Å². The number of ether oxygens (including phenoxy) is 1. The Hall–Kier alpha value is -0.610. The van der Waals surface area contributed by atoms with Crippen molar-refractivity contribution in [3.8, 4) is 0 Å². The zero-order chi connectivity index (χ0) is 13.5. The van der Waals surface area contributed by atoms with E-state index in [0.29, 0.717) is 19.6 Å². The van der Waals surface area contributed by atoms with Crippen molar-refractivity contribution < 1.29 is 9.53 Å². The van der Waals surface area contributed by atoms with Crippen molar-refractivity contribution in [2.45, 2.75) is 65.0 Å². The van der Waals surface area contributed by atoms with Crippen LogP contribution in [0.4, 0.5) is 0 Å². The maximum Gasteiger partial charge on any atom is 0.220 e. The van der Waals surface area contributed by atoms with Gasteiger partial charge in [-0.3, -0.25) is 4.79 Å². The molecular formula is C13H28N2O2. The van der Waals surface area contributed by atoms with Crippen molar-refractivity contribution in [1.82, 2.24) is 5.32 Å². The van der Waals surface area contributed by atoms with Gasteiger partial charge in [-0.25, -0.2) is 0 Å². The lowest BCUT2D eigenvalue weighted by Crippen LogP contribution is -2.44. The van der Waals surface area contributed by atoms with Crippen LogP contribution in [0, 0.1) is 0 Å². The molecule has 0 saturated heterocycles. The number of rotatable bonds is 8. The van der Waals surface area contributed by atoms with Crippen molar-refractivity contribution in [3.63, 3.8) is 0 Å². The van der Waals surface area contributed by atoms with Gasteiger partial charge < -0.3 is 15.8 Å². The number of carbonyl (C=O) groups is 1. The lowest BCUT2D eigenvalue weighted by atomic mass is 9.91. The highest BCUT2D eigenvalue weighted by Crippen LogP contribution is 2.22. The molecular weight excluding hydrogens is 216 g/mol. The van der Waals surface area contributed by atoms with Gasteiger partial charge in [0, 0.05) is 18.5 Å². The third-order valence-corrected chi connectivity index (χ3v) is 2.76. The number of amides is 1. The molecule has 4 heteroatoms. The summed E-state index contributed by atoms with van der Waals surface area (Å²) in [5, 5.41) is 3.02. The number of hydrogen-bond acceptors (Lipinski definition) is 3. The Morgan fingerprint density at radius 2 is 1.82 bits per heavy atom. The van der Waals surface area contributed by atoms with Gasteiger partial charge in [0.15, 0.2) is 0 Å². The third-order valence-electron chi connectivity index (χ3n) is 2.76. The summed E-state index contributed by atoms with van der Waals surface area (Å²) in [6, 6.07) is 0. The molecule has 0 radical (unpaired) electrons. The topological polar surface area (TPSA) is 64.3 Å². The van der Waals surface area contributed by atoms with Crippen LogP contribution in [0.1, 0.15) is 53.9 Å². The summed E-state index contributed by atoms with van der Waals surface area (Å²) < 4.78 is 5.67. The van der Waals surface area contributed by atoms with E-state index in [0.717, 1.165) is 12.8 Å². The predicted octanol–water partition coefficient (Wildman–Crippen LogP) is 1.83. The van der Waals surface area contributed by atoms with Crippen LogP contribution in [0.25, 0.3) is 0 Å². The fraction of sp³-hybridized carbons (Fsp3) is 0.923. The maximum atomic E-state index is 11.4. The maximum absolute atomic E-state index is 11.4. The van der Waals surface area contributed by atoms with Gasteiger partial charge in [-0.15, -0.1) is 0 Å². The number of nitrogens with two attached hydrogens (primary N) is 1. The van der Waals surface area contributed by atoms with Crippen LogP contribution in [0.3, 0.4) is 0 Å². The van der Waals surface area contributed by atoms with Gasteiger partial charge in [0.1, 0.15) is 0 Å². The van der Waals surface area contributed by atoms with E-state index in [-0.39, 0.29) is 17.0 Å². The van der Waals surface area contributed by atoms with E-state index < -0.39 is 0 Å². The molecule has 0 aromatic heterocycles. The van der Waals surface area contributed by atoms with E-state index in [4.69, 9.17) is 10.5 Å². The molecule has 0 spiro atoms. The molecule has 102 valence electrons. The van der Waals surface area contributed by atoms with Crippen molar-refractivity contribution in [2.24, 2.45) is 5.73 Å². The van der Waals surface area contributed by atoms with E-state index in [9.17, 15) is 4.79 Å². The summed E-state index contributed by atoms with van der Waals surface area (Å²) >= 11 is 0. The molecule has 0 heterocycles. The highest BCUT2D eigenvalue weighted by atomic mass is 16.5. The quantitative estimate of drug-likeness (QED) is 0.684. The fourth-order valence-corrected chi connectivity index (χ4v) is 1.55. The Kier molecular flexibility index (Phi) is 6.72. The minimum atomic E-state index is -0.187. The lowest BCUT2D eigenvalue weighted by Gasteiger charge is -2.32. The van der Waals surface area contributed by atoms with Crippen molar-refractivity contribution in [3.05, 3.63) is 0 Å². The normalized spacial score (nSPS) is 12.6. The fourth-order valence-electron chi connectivity index (χ4n) is 1.55. The summed E-state index contributed by atoms with van der Waals surface area (Å²) in [4.78, 5) is 11.4. The SMILES string of the molecule is CCC(=O)NC(C)(C)CCC(C)(C)OCCN. The Balaban J connectivity index is 4.11. The summed E-state index contributed by atoms with van der Waals surface area (Å²) in [6.07, 6.45) is 2.30. The summed E-state index contributed by atoms with van der Waals surface area (Å²) in [6.45, 7) is 11.2. The van der Waals surface area contributed by atoms with Crippen LogP contribution < -0.4 is 11.1 Å². The molecule has 0 rings (SSSR count). The highest BCUT2D eigenvalue weighted by Gasteiger charge is 2.25. The van der Waals surface area contributed by atoms with E-state index in [1.807, 2.05) is 20.8 Å². The van der Waals surface area contributed by atoms with Crippen LogP contribution in [0.15, 0.2) is 0 Å². The molecule has 0 bridgehead atoms. The number of nitrogens with one attached hydrogen (secondary N) is 1. The second-order valence-corrected chi connectivity index (χ2v) is 5.68. The molecule has 4 nitrogen and oxygen atoms in total. The molecule has 0 aromatic rings. The first-order chi connectivity index (χ1) is 7.72. The van der Waals surface area contributed by atoms with Crippen molar-refractivity contribution in [1.29, 1.82) is 0 Å². The van der Waals surface area contributed by atoms with Crippen LogP contribution in [-0.4, -0.2) is 30.2 Å². The first kappa shape index (κ1) is 16.4. The molecule has 0 fully saturated rings. The van der Waals surface area contributed by atoms with Gasteiger partial charge in [-0.1, -0.05) is 6.92 Å². The van der Waals surface area contributed by atoms with Gasteiger partial charge in [-0.2, -0.15) is 0 Å². The molecule has 0 aromatic carbocycles. The lowest BCUT2D eigenvalue weighted by molar-refractivity contribution is -0.122. The first-order valence-electron chi connectivity index (χ1n) is 6.37. The molecule has 0 unspecified atom stereocenters. The Labute approximate surface area is 105 Å². The van der Waals surface area contributed by atoms with E-state index in [1.165, 1.54) is 0 Å². The van der Waals surface area contributed by atoms with Crippen LogP contribution in [-0.2, 0) is 9.53 Å². The van der Waals surface area contributed by atoms with Gasteiger partial charge in [0.2, 0.25) is 5.91 Å². The number of carbonyl (C=O) groups excluding carboxylic acids is 1. The van der Waals surface area contributed by atoms with Crippen LogP contribution >= 0.6 is 0 Å². The monoisotopic (exact) mass is 244 g/mol. The second kappa shape index (κ2) is 6.97. The van der Waals surface area contributed by atoms with Gasteiger partial charge in [-0.05, 0) is 40.5 Å². The molecule has 0 saturated carbocycles. The predicted molar refractivity (Wildman–Crippen MR) is 70.8 cm³/mol. The summed E-state index contributed by atoms with van der Waals surface area (Å²) in [5.41, 5.74) is 5.05. The molecule has 0 aliphatic heterocycles. The van der Waals surface area contributed by atoms with Crippen molar-refractivity contribution >= 4 is 5.91 Å². The minimum Gasteiger partial charge on any atom is -0.374 e. The largest absolute Gasteiger partial charge is 0.374 e. The first-order valence-corrected chi connectivity index (χ1v) is 6.37. The van der Waals surface area contributed by atoms with Gasteiger partial charge in [0.25, 0.3) is 0 Å². The molecule has 0 aliphatic rings. The summed E-state index contributed by atoms with van der Waals surface area (Å²) in [5.74, 6) is 0.0932. The standard InChI is InChI=1S/C13H28N2O2/c1-6-11(16)15-12(2,3)7-8-13(4,5)17-10-9-14/h6-10,14H2,1-5H3,(H,15,16). The average Bonchev–Trinajstić information content (AvgIpc) is 2.23. The van der Waals surface area contributed by atoms with Crippen LogP contribution in [0.2, 0.25) is 0 Å².